The zero-order valence-corrected chi connectivity index (χ0v) is 16.2. The van der Waals surface area contributed by atoms with Crippen molar-refractivity contribution in [3.05, 3.63) is 78.8 Å². The van der Waals surface area contributed by atoms with Gasteiger partial charge in [0.25, 0.3) is 0 Å². The summed E-state index contributed by atoms with van der Waals surface area (Å²) in [6.45, 7) is 0.413. The van der Waals surface area contributed by atoms with Gasteiger partial charge in [0.05, 0.1) is 11.7 Å². The standard InChI is InChI=1S/C22H17N5OS/c28-22(24-12-14-4-3-7-23-11-14)26-17-8-16-13-25-27-21(16)18(10-17)20-9-15-5-1-2-6-19(15)29-20/h1-11,13H,12H2,(H,25,27)(H2,24,26,28). The summed E-state index contributed by atoms with van der Waals surface area (Å²) in [5.74, 6) is 0. The number of carbonyl (C=O) groups is 1. The van der Waals surface area contributed by atoms with Crippen molar-refractivity contribution >= 4 is 44.0 Å². The van der Waals surface area contributed by atoms with E-state index in [0.29, 0.717) is 6.54 Å². The summed E-state index contributed by atoms with van der Waals surface area (Å²) in [7, 11) is 0. The van der Waals surface area contributed by atoms with Crippen molar-refractivity contribution in [2.45, 2.75) is 6.54 Å². The quantitative estimate of drug-likeness (QED) is 0.390. The minimum absolute atomic E-state index is 0.265. The SMILES string of the molecule is O=C(NCc1cccnc1)Nc1cc(-c2cc3ccccc3s2)c2[nH]ncc2c1. The number of fused-ring (bicyclic) bond motifs is 2. The van der Waals surface area contributed by atoms with Gasteiger partial charge in [-0.3, -0.25) is 10.1 Å². The molecule has 0 spiro atoms. The fourth-order valence-corrected chi connectivity index (χ4v) is 4.38. The Balaban J connectivity index is 1.43. The fraction of sp³-hybridized carbons (Fsp3) is 0.0455. The lowest BCUT2D eigenvalue weighted by molar-refractivity contribution is 0.251. The molecule has 0 bridgehead atoms. The Kier molecular flexibility index (Phi) is 4.42. The summed E-state index contributed by atoms with van der Waals surface area (Å²) < 4.78 is 1.22. The van der Waals surface area contributed by atoms with Crippen LogP contribution in [0.15, 0.2) is 73.2 Å². The predicted octanol–water partition coefficient (Wildman–Crippen LogP) is 5.16. The highest BCUT2D eigenvalue weighted by Gasteiger charge is 2.12. The van der Waals surface area contributed by atoms with Gasteiger partial charge in [0.1, 0.15) is 0 Å². The number of thiophene rings is 1. The van der Waals surface area contributed by atoms with E-state index < -0.39 is 0 Å². The Bertz CT molecular complexity index is 1280. The Labute approximate surface area is 170 Å². The van der Waals surface area contributed by atoms with Crippen molar-refractivity contribution in [2.24, 2.45) is 0 Å². The smallest absolute Gasteiger partial charge is 0.319 e. The van der Waals surface area contributed by atoms with E-state index in [1.54, 1.807) is 29.9 Å². The van der Waals surface area contributed by atoms with Gasteiger partial charge in [0, 0.05) is 45.2 Å². The molecule has 0 unspecified atom stereocenters. The molecule has 0 aliphatic carbocycles. The summed E-state index contributed by atoms with van der Waals surface area (Å²) in [5, 5.41) is 15.2. The summed E-state index contributed by atoms with van der Waals surface area (Å²) in [6, 6.07) is 17.9. The molecule has 2 amide bonds. The number of urea groups is 1. The van der Waals surface area contributed by atoms with Crippen molar-refractivity contribution in [1.82, 2.24) is 20.5 Å². The number of amides is 2. The Morgan fingerprint density at radius 2 is 1.97 bits per heavy atom. The van der Waals surface area contributed by atoms with Crippen LogP contribution in [0.4, 0.5) is 10.5 Å². The summed E-state index contributed by atoms with van der Waals surface area (Å²) >= 11 is 1.72. The molecule has 6 nitrogen and oxygen atoms in total. The zero-order valence-electron chi connectivity index (χ0n) is 15.3. The number of H-pyrrole nitrogens is 1. The maximum atomic E-state index is 12.4. The lowest BCUT2D eigenvalue weighted by atomic mass is 10.1. The minimum atomic E-state index is -0.265. The van der Waals surface area contributed by atoms with Crippen LogP contribution in [0.2, 0.25) is 0 Å². The lowest BCUT2D eigenvalue weighted by Crippen LogP contribution is -2.28. The maximum Gasteiger partial charge on any atom is 0.319 e. The van der Waals surface area contributed by atoms with E-state index in [1.807, 2.05) is 36.4 Å². The normalized spacial score (nSPS) is 11.0. The van der Waals surface area contributed by atoms with Gasteiger partial charge in [-0.1, -0.05) is 24.3 Å². The first-order valence-electron chi connectivity index (χ1n) is 9.16. The molecule has 29 heavy (non-hydrogen) atoms. The van der Waals surface area contributed by atoms with Gasteiger partial charge in [-0.25, -0.2) is 4.79 Å². The van der Waals surface area contributed by atoms with Gasteiger partial charge in [-0.05, 0) is 41.3 Å². The molecule has 3 aromatic heterocycles. The Hall–Kier alpha value is -3.71. The Morgan fingerprint density at radius 1 is 1.03 bits per heavy atom. The van der Waals surface area contributed by atoms with E-state index >= 15 is 0 Å². The van der Waals surface area contributed by atoms with Crippen molar-refractivity contribution in [2.75, 3.05) is 5.32 Å². The monoisotopic (exact) mass is 399 g/mol. The number of anilines is 1. The van der Waals surface area contributed by atoms with Gasteiger partial charge >= 0.3 is 6.03 Å². The topological polar surface area (TPSA) is 82.7 Å². The van der Waals surface area contributed by atoms with Crippen LogP contribution >= 0.6 is 11.3 Å². The average Bonchev–Trinajstić information content (AvgIpc) is 3.39. The molecule has 3 N–H and O–H groups in total. The number of aromatic amines is 1. The van der Waals surface area contributed by atoms with E-state index in [0.717, 1.165) is 32.6 Å². The van der Waals surface area contributed by atoms with Crippen LogP contribution in [0, 0.1) is 0 Å². The number of nitrogens with zero attached hydrogens (tertiary/aromatic N) is 2. The highest BCUT2D eigenvalue weighted by Crippen LogP contribution is 2.38. The second-order valence-corrected chi connectivity index (χ2v) is 7.76. The zero-order chi connectivity index (χ0) is 19.6. The maximum absolute atomic E-state index is 12.4. The first-order valence-corrected chi connectivity index (χ1v) is 9.98. The predicted molar refractivity (Wildman–Crippen MR) is 117 cm³/mol. The van der Waals surface area contributed by atoms with Crippen LogP contribution in [0.25, 0.3) is 31.4 Å². The molecule has 0 fully saturated rings. The number of hydrogen-bond donors (Lipinski definition) is 3. The summed E-state index contributed by atoms with van der Waals surface area (Å²) in [6.07, 6.45) is 5.21. The van der Waals surface area contributed by atoms with E-state index in [2.05, 4.69) is 44.0 Å². The largest absolute Gasteiger partial charge is 0.334 e. The summed E-state index contributed by atoms with van der Waals surface area (Å²) in [5.41, 5.74) is 3.63. The molecule has 0 atom stereocenters. The van der Waals surface area contributed by atoms with Crippen LogP contribution in [0.3, 0.4) is 0 Å². The van der Waals surface area contributed by atoms with Crippen LogP contribution in [-0.2, 0) is 6.54 Å². The van der Waals surface area contributed by atoms with Crippen molar-refractivity contribution in [3.63, 3.8) is 0 Å². The first-order chi connectivity index (χ1) is 14.3. The molecular weight excluding hydrogens is 382 g/mol. The van der Waals surface area contributed by atoms with E-state index in [1.165, 1.54) is 10.1 Å². The van der Waals surface area contributed by atoms with Gasteiger partial charge in [-0.2, -0.15) is 5.10 Å². The number of rotatable bonds is 4. The summed E-state index contributed by atoms with van der Waals surface area (Å²) in [4.78, 5) is 17.6. The molecule has 7 heteroatoms. The first kappa shape index (κ1) is 17.4. The molecule has 3 heterocycles. The Morgan fingerprint density at radius 3 is 2.83 bits per heavy atom. The molecule has 0 saturated carbocycles. The second-order valence-electron chi connectivity index (χ2n) is 6.68. The van der Waals surface area contributed by atoms with E-state index in [-0.39, 0.29) is 6.03 Å². The molecule has 142 valence electrons. The highest BCUT2D eigenvalue weighted by atomic mass is 32.1. The van der Waals surface area contributed by atoms with Gasteiger partial charge < -0.3 is 10.6 Å². The number of hydrogen-bond acceptors (Lipinski definition) is 4. The molecule has 0 radical (unpaired) electrons. The molecular formula is C22H17N5OS. The lowest BCUT2D eigenvalue weighted by Gasteiger charge is -2.10. The fourth-order valence-electron chi connectivity index (χ4n) is 3.30. The van der Waals surface area contributed by atoms with E-state index in [9.17, 15) is 4.79 Å². The second kappa shape index (κ2) is 7.37. The van der Waals surface area contributed by atoms with Gasteiger partial charge in [0.2, 0.25) is 0 Å². The van der Waals surface area contributed by atoms with Crippen molar-refractivity contribution < 1.29 is 4.79 Å². The van der Waals surface area contributed by atoms with Gasteiger partial charge in [0.15, 0.2) is 0 Å². The number of nitrogens with one attached hydrogen (secondary N) is 3. The van der Waals surface area contributed by atoms with Crippen LogP contribution in [0.1, 0.15) is 5.56 Å². The third-order valence-electron chi connectivity index (χ3n) is 4.67. The third kappa shape index (κ3) is 3.55. The molecule has 0 aliphatic heterocycles. The minimum Gasteiger partial charge on any atom is -0.334 e. The molecule has 0 saturated heterocycles. The molecule has 5 aromatic rings. The third-order valence-corrected chi connectivity index (χ3v) is 5.82. The average molecular weight is 399 g/mol. The van der Waals surface area contributed by atoms with Crippen molar-refractivity contribution in [3.8, 4) is 10.4 Å². The van der Waals surface area contributed by atoms with E-state index in [4.69, 9.17) is 0 Å². The molecule has 5 rings (SSSR count). The van der Waals surface area contributed by atoms with Crippen molar-refractivity contribution in [1.29, 1.82) is 0 Å². The molecule has 2 aromatic carbocycles. The van der Waals surface area contributed by atoms with Crippen LogP contribution in [0.5, 0.6) is 0 Å². The van der Waals surface area contributed by atoms with Crippen LogP contribution < -0.4 is 10.6 Å². The van der Waals surface area contributed by atoms with Gasteiger partial charge in [-0.15, -0.1) is 11.3 Å². The number of aromatic nitrogens is 3. The number of benzene rings is 2. The number of pyridine rings is 1. The number of carbonyl (C=O) groups excluding carboxylic acids is 1. The molecule has 0 aliphatic rings. The highest BCUT2D eigenvalue weighted by molar-refractivity contribution is 7.22. The van der Waals surface area contributed by atoms with Crippen LogP contribution in [-0.4, -0.2) is 21.2 Å².